The van der Waals surface area contributed by atoms with Crippen molar-refractivity contribution in [1.82, 2.24) is 0 Å². The standard InChI is InChI=1S/C9H14S/c1-4-5-7-10-8-6-9(2)3/h1,6H,5,7-8H2,2-3H3. The summed E-state index contributed by atoms with van der Waals surface area (Å²) in [7, 11) is 0. The number of allylic oxidation sites excluding steroid dienone is 1. The highest BCUT2D eigenvalue weighted by molar-refractivity contribution is 7.99. The summed E-state index contributed by atoms with van der Waals surface area (Å²) < 4.78 is 0. The zero-order valence-corrected chi connectivity index (χ0v) is 7.50. The number of rotatable bonds is 4. The van der Waals surface area contributed by atoms with Crippen molar-refractivity contribution in [3.8, 4) is 12.3 Å². The zero-order chi connectivity index (χ0) is 7.82. The topological polar surface area (TPSA) is 0 Å². The fourth-order valence-corrected chi connectivity index (χ4v) is 1.32. The molecule has 0 aromatic carbocycles. The fraction of sp³-hybridized carbons (Fsp3) is 0.556. The first kappa shape index (κ1) is 9.65. The van der Waals surface area contributed by atoms with Gasteiger partial charge in [0.15, 0.2) is 0 Å². The highest BCUT2D eigenvalue weighted by atomic mass is 32.2. The van der Waals surface area contributed by atoms with Gasteiger partial charge in [0.1, 0.15) is 0 Å². The summed E-state index contributed by atoms with van der Waals surface area (Å²) in [5, 5.41) is 0. The van der Waals surface area contributed by atoms with Crippen LogP contribution in [0.1, 0.15) is 20.3 Å². The maximum absolute atomic E-state index is 5.09. The molecule has 0 amide bonds. The number of hydrogen-bond donors (Lipinski definition) is 0. The van der Waals surface area contributed by atoms with E-state index >= 15 is 0 Å². The SMILES string of the molecule is C#CCCSCC=C(C)C. The minimum absolute atomic E-state index is 0.890. The molecule has 0 aromatic rings. The maximum atomic E-state index is 5.09. The van der Waals surface area contributed by atoms with E-state index in [2.05, 4.69) is 25.8 Å². The molecule has 0 aliphatic heterocycles. The van der Waals surface area contributed by atoms with E-state index in [1.807, 2.05) is 11.8 Å². The number of thioether (sulfide) groups is 1. The van der Waals surface area contributed by atoms with Crippen LogP contribution in [0.4, 0.5) is 0 Å². The van der Waals surface area contributed by atoms with Crippen LogP contribution in [0.5, 0.6) is 0 Å². The van der Waals surface area contributed by atoms with Gasteiger partial charge in [-0.1, -0.05) is 11.6 Å². The van der Waals surface area contributed by atoms with Gasteiger partial charge in [0, 0.05) is 17.9 Å². The summed E-state index contributed by atoms with van der Waals surface area (Å²) in [6.45, 7) is 4.23. The molecule has 0 rings (SSSR count). The Hall–Kier alpha value is -0.350. The van der Waals surface area contributed by atoms with E-state index in [-0.39, 0.29) is 0 Å². The molecule has 0 saturated heterocycles. The molecule has 0 atom stereocenters. The average Bonchev–Trinajstić information content (AvgIpc) is 1.87. The van der Waals surface area contributed by atoms with Crippen LogP contribution in [-0.2, 0) is 0 Å². The van der Waals surface area contributed by atoms with Gasteiger partial charge in [-0.15, -0.1) is 12.3 Å². The Morgan fingerprint density at radius 3 is 2.80 bits per heavy atom. The van der Waals surface area contributed by atoms with Gasteiger partial charge in [0.05, 0.1) is 0 Å². The lowest BCUT2D eigenvalue weighted by molar-refractivity contribution is 1.30. The Morgan fingerprint density at radius 1 is 1.60 bits per heavy atom. The van der Waals surface area contributed by atoms with Crippen LogP contribution < -0.4 is 0 Å². The van der Waals surface area contributed by atoms with Crippen molar-refractivity contribution in [2.45, 2.75) is 20.3 Å². The Balaban J connectivity index is 3.07. The molecule has 0 saturated carbocycles. The summed E-state index contributed by atoms with van der Waals surface area (Å²) >= 11 is 1.89. The number of hydrogen-bond acceptors (Lipinski definition) is 1. The summed E-state index contributed by atoms with van der Waals surface area (Å²) in [4.78, 5) is 0. The molecule has 0 radical (unpaired) electrons. The Labute approximate surface area is 68.1 Å². The molecule has 56 valence electrons. The van der Waals surface area contributed by atoms with Crippen molar-refractivity contribution in [3.05, 3.63) is 11.6 Å². The van der Waals surface area contributed by atoms with Crippen molar-refractivity contribution in [1.29, 1.82) is 0 Å². The summed E-state index contributed by atoms with van der Waals surface area (Å²) in [6.07, 6.45) is 8.21. The Kier molecular flexibility index (Phi) is 6.53. The largest absolute Gasteiger partial charge is 0.157 e. The summed E-state index contributed by atoms with van der Waals surface area (Å²) in [5.41, 5.74) is 1.38. The first-order valence-electron chi connectivity index (χ1n) is 3.42. The van der Waals surface area contributed by atoms with Crippen molar-refractivity contribution in [2.75, 3.05) is 11.5 Å². The van der Waals surface area contributed by atoms with Crippen LogP contribution in [0.2, 0.25) is 0 Å². The third kappa shape index (κ3) is 7.65. The minimum atomic E-state index is 0.890. The van der Waals surface area contributed by atoms with Gasteiger partial charge in [0.2, 0.25) is 0 Å². The predicted octanol–water partition coefficient (Wildman–Crippen LogP) is 2.71. The highest BCUT2D eigenvalue weighted by Gasteiger charge is 1.82. The van der Waals surface area contributed by atoms with E-state index in [0.29, 0.717) is 0 Å². The van der Waals surface area contributed by atoms with Crippen LogP contribution in [0, 0.1) is 12.3 Å². The molecule has 0 aliphatic rings. The molecule has 0 aliphatic carbocycles. The smallest absolute Gasteiger partial charge is 0.0177 e. The van der Waals surface area contributed by atoms with Crippen LogP contribution in [-0.4, -0.2) is 11.5 Å². The van der Waals surface area contributed by atoms with Gasteiger partial charge in [-0.2, -0.15) is 11.8 Å². The molecule has 0 nitrogen and oxygen atoms in total. The van der Waals surface area contributed by atoms with Crippen molar-refractivity contribution in [2.24, 2.45) is 0 Å². The lowest BCUT2D eigenvalue weighted by Gasteiger charge is -1.92. The second-order valence-electron chi connectivity index (χ2n) is 2.31. The molecular formula is C9H14S. The second kappa shape index (κ2) is 6.77. The fourth-order valence-electron chi connectivity index (χ4n) is 0.440. The van der Waals surface area contributed by atoms with Gasteiger partial charge < -0.3 is 0 Å². The van der Waals surface area contributed by atoms with Crippen molar-refractivity contribution in [3.63, 3.8) is 0 Å². The molecule has 0 bridgehead atoms. The Bertz CT molecular complexity index is 135. The molecule has 0 unspecified atom stereocenters. The van der Waals surface area contributed by atoms with Gasteiger partial charge in [0.25, 0.3) is 0 Å². The van der Waals surface area contributed by atoms with Gasteiger partial charge >= 0.3 is 0 Å². The molecule has 1 heteroatoms. The quantitative estimate of drug-likeness (QED) is 0.341. The van der Waals surface area contributed by atoms with Gasteiger partial charge in [-0.05, 0) is 13.8 Å². The van der Waals surface area contributed by atoms with E-state index in [4.69, 9.17) is 6.42 Å². The third-order valence-electron chi connectivity index (χ3n) is 1.00. The van der Waals surface area contributed by atoms with Crippen LogP contribution in [0.15, 0.2) is 11.6 Å². The lowest BCUT2D eigenvalue weighted by atomic mass is 10.3. The molecule has 0 aromatic heterocycles. The van der Waals surface area contributed by atoms with Crippen LogP contribution >= 0.6 is 11.8 Å². The lowest BCUT2D eigenvalue weighted by Crippen LogP contribution is -1.78. The normalized spacial score (nSPS) is 8.50. The monoisotopic (exact) mass is 154 g/mol. The van der Waals surface area contributed by atoms with Gasteiger partial charge in [-0.3, -0.25) is 0 Å². The van der Waals surface area contributed by atoms with Crippen LogP contribution in [0.25, 0.3) is 0 Å². The third-order valence-corrected chi connectivity index (χ3v) is 1.90. The first-order valence-corrected chi connectivity index (χ1v) is 4.57. The minimum Gasteiger partial charge on any atom is -0.157 e. The maximum Gasteiger partial charge on any atom is 0.0177 e. The molecule has 0 fully saturated rings. The summed E-state index contributed by atoms with van der Waals surface area (Å²) in [5.74, 6) is 4.80. The predicted molar refractivity (Wildman–Crippen MR) is 50.2 cm³/mol. The second-order valence-corrected chi connectivity index (χ2v) is 3.46. The number of terminal acetylenes is 1. The molecule has 0 spiro atoms. The van der Waals surface area contributed by atoms with E-state index in [9.17, 15) is 0 Å². The molecular weight excluding hydrogens is 140 g/mol. The first-order chi connectivity index (χ1) is 4.77. The van der Waals surface area contributed by atoms with E-state index in [0.717, 1.165) is 17.9 Å². The molecule has 0 N–H and O–H groups in total. The van der Waals surface area contributed by atoms with Crippen molar-refractivity contribution < 1.29 is 0 Å². The molecule has 10 heavy (non-hydrogen) atoms. The zero-order valence-electron chi connectivity index (χ0n) is 6.68. The van der Waals surface area contributed by atoms with Gasteiger partial charge in [-0.25, -0.2) is 0 Å². The van der Waals surface area contributed by atoms with E-state index in [1.165, 1.54) is 5.57 Å². The highest BCUT2D eigenvalue weighted by Crippen LogP contribution is 2.03. The summed E-state index contributed by atoms with van der Waals surface area (Å²) in [6, 6.07) is 0. The average molecular weight is 154 g/mol. The Morgan fingerprint density at radius 2 is 2.30 bits per heavy atom. The van der Waals surface area contributed by atoms with E-state index < -0.39 is 0 Å². The molecule has 0 heterocycles. The van der Waals surface area contributed by atoms with Crippen LogP contribution in [0.3, 0.4) is 0 Å². The van der Waals surface area contributed by atoms with Crippen molar-refractivity contribution >= 4 is 11.8 Å². The van der Waals surface area contributed by atoms with E-state index in [1.54, 1.807) is 0 Å².